The van der Waals surface area contributed by atoms with Crippen molar-refractivity contribution in [3.8, 4) is 0 Å². The van der Waals surface area contributed by atoms with E-state index in [4.69, 9.17) is 0 Å². The molecule has 1 aliphatic rings. The molecule has 1 N–H and O–H groups in total. The molecule has 2 heterocycles. The van der Waals surface area contributed by atoms with E-state index in [-0.39, 0.29) is 17.7 Å². The summed E-state index contributed by atoms with van der Waals surface area (Å²) in [6.07, 6.45) is 3.53. The number of hydrogen-bond acceptors (Lipinski definition) is 3. The zero-order chi connectivity index (χ0) is 15.1. The van der Waals surface area contributed by atoms with Gasteiger partial charge in [-0.3, -0.25) is 9.59 Å². The Kier molecular flexibility index (Phi) is 3.58. The topological polar surface area (TPSA) is 67.2 Å². The zero-order valence-corrected chi connectivity index (χ0v) is 12.7. The highest BCUT2D eigenvalue weighted by Crippen LogP contribution is 2.24. The van der Waals surface area contributed by atoms with Gasteiger partial charge in [0.2, 0.25) is 11.8 Å². The molecular formula is C14H22N4O2. The van der Waals surface area contributed by atoms with Gasteiger partial charge >= 0.3 is 0 Å². The first-order chi connectivity index (χ1) is 9.24. The summed E-state index contributed by atoms with van der Waals surface area (Å²) in [6.45, 7) is 7.70. The molecule has 0 bridgehead atoms. The van der Waals surface area contributed by atoms with Gasteiger partial charge in [-0.2, -0.15) is 0 Å². The summed E-state index contributed by atoms with van der Waals surface area (Å²) in [5, 5.41) is 2.80. The molecule has 0 aromatic carbocycles. The number of aromatic nitrogens is 2. The SMILES string of the molecule is CC(C)C1C(=O)NC(C)(C)C(=O)N1Cc1nccn1C. The Morgan fingerprint density at radius 1 is 1.40 bits per heavy atom. The normalized spacial score (nSPS) is 22.3. The van der Waals surface area contributed by atoms with Crippen molar-refractivity contribution in [3.05, 3.63) is 18.2 Å². The lowest BCUT2D eigenvalue weighted by molar-refractivity contribution is -0.156. The van der Waals surface area contributed by atoms with Gasteiger partial charge in [0, 0.05) is 19.4 Å². The van der Waals surface area contributed by atoms with Gasteiger partial charge in [-0.15, -0.1) is 0 Å². The first kappa shape index (κ1) is 14.6. The van der Waals surface area contributed by atoms with E-state index < -0.39 is 11.6 Å². The van der Waals surface area contributed by atoms with Crippen LogP contribution in [-0.4, -0.2) is 37.8 Å². The Bertz CT molecular complexity index is 533. The van der Waals surface area contributed by atoms with Crippen LogP contribution < -0.4 is 5.32 Å². The number of aryl methyl sites for hydroxylation is 1. The molecule has 6 nitrogen and oxygen atoms in total. The van der Waals surface area contributed by atoms with Gasteiger partial charge in [-0.25, -0.2) is 4.98 Å². The molecule has 0 spiro atoms. The van der Waals surface area contributed by atoms with E-state index in [0.717, 1.165) is 5.82 Å². The summed E-state index contributed by atoms with van der Waals surface area (Å²) >= 11 is 0. The van der Waals surface area contributed by atoms with Gasteiger partial charge in [-0.1, -0.05) is 13.8 Å². The van der Waals surface area contributed by atoms with Crippen molar-refractivity contribution in [1.29, 1.82) is 0 Å². The van der Waals surface area contributed by atoms with Crippen molar-refractivity contribution in [2.45, 2.75) is 45.8 Å². The number of carbonyl (C=O) groups excluding carboxylic acids is 2. The lowest BCUT2D eigenvalue weighted by Crippen LogP contribution is -2.68. The Morgan fingerprint density at radius 2 is 2.05 bits per heavy atom. The molecule has 0 aliphatic carbocycles. The molecule has 1 atom stereocenters. The molecule has 0 radical (unpaired) electrons. The second-order valence-corrected chi connectivity index (χ2v) is 6.19. The van der Waals surface area contributed by atoms with Crippen LogP contribution in [0.2, 0.25) is 0 Å². The van der Waals surface area contributed by atoms with E-state index >= 15 is 0 Å². The molecule has 1 aromatic heterocycles. The van der Waals surface area contributed by atoms with Crippen molar-refractivity contribution in [1.82, 2.24) is 19.8 Å². The van der Waals surface area contributed by atoms with Gasteiger partial charge in [0.25, 0.3) is 0 Å². The summed E-state index contributed by atoms with van der Waals surface area (Å²) in [7, 11) is 1.88. The third-order valence-electron chi connectivity index (χ3n) is 3.70. The third-order valence-corrected chi connectivity index (χ3v) is 3.70. The molecule has 1 unspecified atom stereocenters. The van der Waals surface area contributed by atoms with Gasteiger partial charge in [0.15, 0.2) is 0 Å². The second-order valence-electron chi connectivity index (χ2n) is 6.19. The molecule has 1 aliphatic heterocycles. The Balaban J connectivity index is 2.35. The number of amides is 2. The van der Waals surface area contributed by atoms with Crippen LogP contribution in [0.4, 0.5) is 0 Å². The van der Waals surface area contributed by atoms with Crippen LogP contribution in [0.1, 0.15) is 33.5 Å². The first-order valence-electron chi connectivity index (χ1n) is 6.83. The number of rotatable bonds is 3. The minimum atomic E-state index is -0.867. The van der Waals surface area contributed by atoms with Gasteiger partial charge in [-0.05, 0) is 19.8 Å². The monoisotopic (exact) mass is 278 g/mol. The molecule has 2 amide bonds. The van der Waals surface area contributed by atoms with E-state index in [9.17, 15) is 9.59 Å². The fraction of sp³-hybridized carbons (Fsp3) is 0.643. The van der Waals surface area contributed by atoms with Crippen LogP contribution in [0, 0.1) is 5.92 Å². The minimum absolute atomic E-state index is 0.0512. The molecule has 110 valence electrons. The number of carbonyl (C=O) groups is 2. The average molecular weight is 278 g/mol. The smallest absolute Gasteiger partial charge is 0.248 e. The van der Waals surface area contributed by atoms with Crippen LogP contribution in [-0.2, 0) is 23.2 Å². The largest absolute Gasteiger partial charge is 0.340 e. The fourth-order valence-electron chi connectivity index (χ4n) is 2.60. The van der Waals surface area contributed by atoms with E-state index in [0.29, 0.717) is 6.54 Å². The van der Waals surface area contributed by atoms with Gasteiger partial charge in [0.1, 0.15) is 17.4 Å². The van der Waals surface area contributed by atoms with E-state index in [1.807, 2.05) is 31.7 Å². The predicted molar refractivity (Wildman–Crippen MR) is 74.6 cm³/mol. The van der Waals surface area contributed by atoms with Crippen molar-refractivity contribution >= 4 is 11.8 Å². The maximum absolute atomic E-state index is 12.6. The highest BCUT2D eigenvalue weighted by Gasteiger charge is 2.46. The van der Waals surface area contributed by atoms with Crippen molar-refractivity contribution < 1.29 is 9.59 Å². The molecule has 2 rings (SSSR count). The lowest BCUT2D eigenvalue weighted by Gasteiger charge is -2.44. The maximum atomic E-state index is 12.6. The quantitative estimate of drug-likeness (QED) is 0.884. The molecule has 1 saturated heterocycles. The molecule has 6 heteroatoms. The number of nitrogens with zero attached hydrogens (tertiary/aromatic N) is 3. The van der Waals surface area contributed by atoms with Crippen LogP contribution in [0.15, 0.2) is 12.4 Å². The highest BCUT2D eigenvalue weighted by molar-refractivity contribution is 5.99. The third kappa shape index (κ3) is 2.42. The summed E-state index contributed by atoms with van der Waals surface area (Å²) < 4.78 is 1.87. The van der Waals surface area contributed by atoms with Crippen LogP contribution in [0.3, 0.4) is 0 Å². The van der Waals surface area contributed by atoms with E-state index in [2.05, 4.69) is 10.3 Å². The summed E-state index contributed by atoms with van der Waals surface area (Å²) in [5.41, 5.74) is -0.867. The summed E-state index contributed by atoms with van der Waals surface area (Å²) in [6, 6.07) is -0.452. The number of piperazine rings is 1. The molecule has 20 heavy (non-hydrogen) atoms. The van der Waals surface area contributed by atoms with Crippen molar-refractivity contribution in [2.75, 3.05) is 0 Å². The van der Waals surface area contributed by atoms with Crippen LogP contribution >= 0.6 is 0 Å². The van der Waals surface area contributed by atoms with Crippen LogP contribution in [0.5, 0.6) is 0 Å². The Labute approximate surface area is 119 Å². The minimum Gasteiger partial charge on any atom is -0.340 e. The molecule has 0 saturated carbocycles. The van der Waals surface area contributed by atoms with Gasteiger partial charge in [0.05, 0.1) is 6.54 Å². The maximum Gasteiger partial charge on any atom is 0.248 e. The number of hydrogen-bond donors (Lipinski definition) is 1. The number of imidazole rings is 1. The molecule has 1 fully saturated rings. The standard InChI is InChI=1S/C14H22N4O2/c1-9(2)11-12(19)16-14(3,4)13(20)18(11)8-10-15-6-7-17(10)5/h6-7,9,11H,8H2,1-5H3,(H,16,19). The Morgan fingerprint density at radius 3 is 2.55 bits per heavy atom. The summed E-state index contributed by atoms with van der Waals surface area (Å²) in [5.74, 6) is 0.655. The van der Waals surface area contributed by atoms with E-state index in [1.165, 1.54) is 0 Å². The summed E-state index contributed by atoms with van der Waals surface area (Å²) in [4.78, 5) is 30.8. The molecular weight excluding hydrogens is 256 g/mol. The van der Waals surface area contributed by atoms with E-state index in [1.54, 1.807) is 24.9 Å². The predicted octanol–water partition coefficient (Wildman–Crippen LogP) is 0.682. The highest BCUT2D eigenvalue weighted by atomic mass is 16.2. The van der Waals surface area contributed by atoms with Crippen molar-refractivity contribution in [3.63, 3.8) is 0 Å². The average Bonchev–Trinajstić information content (AvgIpc) is 2.70. The lowest BCUT2D eigenvalue weighted by atomic mass is 9.91. The molecule has 1 aromatic rings. The fourth-order valence-corrected chi connectivity index (χ4v) is 2.60. The Hall–Kier alpha value is -1.85. The van der Waals surface area contributed by atoms with Gasteiger partial charge < -0.3 is 14.8 Å². The van der Waals surface area contributed by atoms with Crippen LogP contribution in [0.25, 0.3) is 0 Å². The first-order valence-corrected chi connectivity index (χ1v) is 6.83. The number of nitrogens with one attached hydrogen (secondary N) is 1. The zero-order valence-electron chi connectivity index (χ0n) is 12.7. The second kappa shape index (κ2) is 4.92. The van der Waals surface area contributed by atoms with Crippen molar-refractivity contribution in [2.24, 2.45) is 13.0 Å².